The van der Waals surface area contributed by atoms with E-state index in [9.17, 15) is 13.2 Å². The van der Waals surface area contributed by atoms with Crippen LogP contribution in [0.3, 0.4) is 0 Å². The molecule has 25 heavy (non-hydrogen) atoms. The van der Waals surface area contributed by atoms with E-state index < -0.39 is 9.84 Å². The molecule has 1 saturated carbocycles. The van der Waals surface area contributed by atoms with Crippen molar-refractivity contribution in [3.63, 3.8) is 0 Å². The lowest BCUT2D eigenvalue weighted by atomic mass is 10.0. The van der Waals surface area contributed by atoms with Gasteiger partial charge in [0.05, 0.1) is 0 Å². The van der Waals surface area contributed by atoms with Crippen LogP contribution in [0.25, 0.3) is 0 Å². The van der Waals surface area contributed by atoms with Crippen molar-refractivity contribution in [1.82, 2.24) is 15.3 Å². The predicted octanol–water partition coefficient (Wildman–Crippen LogP) is 2.02. The average molecular weight is 422 g/mol. The second kappa shape index (κ2) is 5.60. The Morgan fingerprint density at radius 3 is 2.84 bits per heavy atom. The van der Waals surface area contributed by atoms with Crippen molar-refractivity contribution in [3.05, 3.63) is 51.3 Å². The number of fused-ring (bicyclic) bond motifs is 3. The van der Waals surface area contributed by atoms with Crippen LogP contribution in [0.2, 0.25) is 0 Å². The third-order valence-electron chi connectivity index (χ3n) is 4.92. The molecule has 3 unspecified atom stereocenters. The summed E-state index contributed by atoms with van der Waals surface area (Å²) in [6.45, 7) is 1.70. The zero-order chi connectivity index (χ0) is 17.9. The second-order valence-electron chi connectivity index (χ2n) is 6.66. The molecule has 1 aromatic heterocycles. The van der Waals surface area contributed by atoms with Crippen molar-refractivity contribution in [2.75, 3.05) is 6.26 Å². The van der Waals surface area contributed by atoms with Gasteiger partial charge in [0, 0.05) is 28.9 Å². The highest BCUT2D eigenvalue weighted by molar-refractivity contribution is 9.10. The molecule has 1 N–H and O–H groups in total. The summed E-state index contributed by atoms with van der Waals surface area (Å²) in [7, 11) is -3.56. The van der Waals surface area contributed by atoms with E-state index in [0.29, 0.717) is 17.4 Å². The number of hydrogen-bond acceptors (Lipinski definition) is 5. The first-order valence-electron chi connectivity index (χ1n) is 7.89. The van der Waals surface area contributed by atoms with Crippen molar-refractivity contribution in [2.45, 2.75) is 30.5 Å². The molecule has 8 heteroatoms. The number of amides is 1. The van der Waals surface area contributed by atoms with Gasteiger partial charge >= 0.3 is 0 Å². The minimum atomic E-state index is -3.56. The number of halogens is 1. The van der Waals surface area contributed by atoms with Gasteiger partial charge < -0.3 is 5.32 Å². The molecule has 2 aromatic rings. The molecule has 1 heterocycles. The molecule has 2 aliphatic carbocycles. The van der Waals surface area contributed by atoms with Gasteiger partial charge in [-0.2, -0.15) is 0 Å². The van der Waals surface area contributed by atoms with E-state index in [2.05, 4.69) is 37.3 Å². The molecule has 0 saturated heterocycles. The predicted molar refractivity (Wildman–Crippen MR) is 95.2 cm³/mol. The van der Waals surface area contributed by atoms with Crippen LogP contribution in [0, 0.1) is 12.8 Å². The molecule has 1 aromatic carbocycles. The summed E-state index contributed by atoms with van der Waals surface area (Å²) in [6.07, 6.45) is 3.33. The average Bonchev–Trinajstić information content (AvgIpc) is 3.04. The van der Waals surface area contributed by atoms with Crippen molar-refractivity contribution >= 4 is 31.7 Å². The SMILES string of the molecule is Cc1cnc(S(C)(=O)=O)nc1C(=O)NC1C2Cc3c(Br)cccc3C21. The largest absolute Gasteiger partial charge is 0.347 e. The fraction of sp³-hybridized carbons (Fsp3) is 0.353. The molecule has 4 rings (SSSR count). The smallest absolute Gasteiger partial charge is 0.270 e. The Labute approximate surface area is 154 Å². The Bertz CT molecular complexity index is 1010. The molecule has 0 bridgehead atoms. The third kappa shape index (κ3) is 2.77. The van der Waals surface area contributed by atoms with E-state index in [0.717, 1.165) is 17.1 Å². The first-order valence-corrected chi connectivity index (χ1v) is 10.6. The second-order valence-corrected chi connectivity index (χ2v) is 9.42. The van der Waals surface area contributed by atoms with Gasteiger partial charge in [-0.05, 0) is 42.0 Å². The molecular formula is C17H16BrN3O3S. The van der Waals surface area contributed by atoms with Gasteiger partial charge in [-0.3, -0.25) is 4.79 Å². The fourth-order valence-electron chi connectivity index (χ4n) is 3.64. The van der Waals surface area contributed by atoms with Crippen LogP contribution in [0.4, 0.5) is 0 Å². The van der Waals surface area contributed by atoms with Gasteiger partial charge in [-0.1, -0.05) is 28.1 Å². The van der Waals surface area contributed by atoms with E-state index in [1.54, 1.807) is 6.92 Å². The summed E-state index contributed by atoms with van der Waals surface area (Å²) >= 11 is 3.58. The van der Waals surface area contributed by atoms with E-state index in [4.69, 9.17) is 0 Å². The van der Waals surface area contributed by atoms with Gasteiger partial charge in [0.1, 0.15) is 5.69 Å². The zero-order valence-electron chi connectivity index (χ0n) is 13.7. The number of carbonyl (C=O) groups excluding carboxylic acids is 1. The maximum atomic E-state index is 12.6. The van der Waals surface area contributed by atoms with Crippen LogP contribution < -0.4 is 5.32 Å². The van der Waals surface area contributed by atoms with Crippen LogP contribution in [-0.2, 0) is 16.3 Å². The number of hydrogen-bond donors (Lipinski definition) is 1. The van der Waals surface area contributed by atoms with Gasteiger partial charge in [-0.25, -0.2) is 18.4 Å². The van der Waals surface area contributed by atoms with Gasteiger partial charge in [0.2, 0.25) is 15.0 Å². The quantitative estimate of drug-likeness (QED) is 0.765. The molecule has 0 spiro atoms. The Morgan fingerprint density at radius 1 is 1.36 bits per heavy atom. The number of aromatic nitrogens is 2. The summed E-state index contributed by atoms with van der Waals surface area (Å²) in [6, 6.07) is 6.23. The number of rotatable bonds is 3. The zero-order valence-corrected chi connectivity index (χ0v) is 16.1. The number of carbonyl (C=O) groups is 1. The summed E-state index contributed by atoms with van der Waals surface area (Å²) in [5.41, 5.74) is 3.27. The van der Waals surface area contributed by atoms with Gasteiger partial charge in [0.25, 0.3) is 5.91 Å². The Kier molecular flexibility index (Phi) is 3.73. The first kappa shape index (κ1) is 16.7. The molecule has 6 nitrogen and oxygen atoms in total. The molecule has 3 atom stereocenters. The Hall–Kier alpha value is -1.80. The summed E-state index contributed by atoms with van der Waals surface area (Å²) in [5.74, 6) is 0.378. The van der Waals surface area contributed by atoms with Crippen LogP contribution >= 0.6 is 15.9 Å². The van der Waals surface area contributed by atoms with Crippen LogP contribution in [0.15, 0.2) is 34.0 Å². The molecule has 130 valence electrons. The normalized spacial score (nSPS) is 23.7. The lowest BCUT2D eigenvalue weighted by Gasteiger charge is -2.12. The van der Waals surface area contributed by atoms with Crippen molar-refractivity contribution in [3.8, 4) is 0 Å². The highest BCUT2D eigenvalue weighted by Crippen LogP contribution is 2.57. The fourth-order valence-corrected chi connectivity index (χ4v) is 4.69. The van der Waals surface area contributed by atoms with E-state index in [1.165, 1.54) is 17.3 Å². The number of nitrogens with one attached hydrogen (secondary N) is 1. The van der Waals surface area contributed by atoms with Crippen LogP contribution in [-0.4, -0.2) is 36.6 Å². The van der Waals surface area contributed by atoms with Gasteiger partial charge in [0.15, 0.2) is 0 Å². The number of nitrogens with zero attached hydrogens (tertiary/aromatic N) is 2. The summed E-state index contributed by atoms with van der Waals surface area (Å²) in [4.78, 5) is 20.4. The lowest BCUT2D eigenvalue weighted by Crippen LogP contribution is -2.30. The monoisotopic (exact) mass is 421 g/mol. The van der Waals surface area contributed by atoms with Crippen LogP contribution in [0.1, 0.15) is 33.1 Å². The molecule has 2 aliphatic rings. The number of benzene rings is 1. The summed E-state index contributed by atoms with van der Waals surface area (Å²) < 4.78 is 24.4. The minimum Gasteiger partial charge on any atom is -0.347 e. The lowest BCUT2D eigenvalue weighted by molar-refractivity contribution is 0.0941. The highest BCUT2D eigenvalue weighted by atomic mass is 79.9. The molecule has 1 amide bonds. The maximum absolute atomic E-state index is 12.6. The molecule has 0 radical (unpaired) electrons. The molecule has 0 aliphatic heterocycles. The summed E-state index contributed by atoms with van der Waals surface area (Å²) in [5, 5.41) is 2.69. The van der Waals surface area contributed by atoms with Crippen molar-refractivity contribution < 1.29 is 13.2 Å². The van der Waals surface area contributed by atoms with E-state index in [1.807, 2.05) is 12.1 Å². The van der Waals surface area contributed by atoms with Crippen molar-refractivity contribution in [1.29, 1.82) is 0 Å². The Morgan fingerprint density at radius 2 is 2.12 bits per heavy atom. The minimum absolute atomic E-state index is 0.0744. The van der Waals surface area contributed by atoms with E-state index in [-0.39, 0.29) is 22.8 Å². The third-order valence-corrected chi connectivity index (χ3v) is 6.52. The van der Waals surface area contributed by atoms with Crippen molar-refractivity contribution in [2.24, 2.45) is 5.92 Å². The maximum Gasteiger partial charge on any atom is 0.270 e. The number of aryl methyl sites for hydroxylation is 1. The number of sulfone groups is 1. The van der Waals surface area contributed by atoms with Gasteiger partial charge in [-0.15, -0.1) is 0 Å². The van der Waals surface area contributed by atoms with Crippen LogP contribution in [0.5, 0.6) is 0 Å². The Balaban J connectivity index is 1.56. The first-order chi connectivity index (χ1) is 11.8. The van der Waals surface area contributed by atoms with E-state index >= 15 is 0 Å². The molecule has 1 fully saturated rings. The molecular weight excluding hydrogens is 406 g/mol. The highest BCUT2D eigenvalue weighted by Gasteiger charge is 2.56. The standard InChI is InChI=1S/C17H16BrN3O3S/c1-8-7-19-17(25(2,23)24)21-14(8)16(22)20-15-11-6-10-9(13(11)15)4-3-5-12(10)18/h3-5,7,11,13,15H,6H2,1-2H3,(H,20,22). The topological polar surface area (TPSA) is 89.0 Å².